The summed E-state index contributed by atoms with van der Waals surface area (Å²) in [6.07, 6.45) is 0.721. The second-order valence-corrected chi connectivity index (χ2v) is 3.30. The molecule has 1 aromatic rings. The number of nitrogens with two attached hydrogens (primary N) is 1. The molecule has 0 aromatic carbocycles. The Morgan fingerprint density at radius 3 is 2.67 bits per heavy atom. The molecule has 1 aromatic heterocycles. The van der Waals surface area contributed by atoms with Crippen LogP contribution in [0.5, 0.6) is 0 Å². The molecule has 2 N–H and O–H groups in total. The lowest BCUT2D eigenvalue weighted by atomic mass is 10.1. The monoisotopic (exact) mass is 208 g/mol. The fourth-order valence-electron chi connectivity index (χ4n) is 1.48. The summed E-state index contributed by atoms with van der Waals surface area (Å²) < 4.78 is 6.42. The molecule has 0 radical (unpaired) electrons. The minimum absolute atomic E-state index is 0.343. The predicted octanol–water partition coefficient (Wildman–Crippen LogP) is 1.17. The SMILES string of the molecule is C=C(CCN)c1ccc(C(=O)OC)n1C. The first-order valence-electron chi connectivity index (χ1n) is 4.74. The Labute approximate surface area is 89.3 Å². The second-order valence-electron chi connectivity index (χ2n) is 3.30. The zero-order valence-electron chi connectivity index (χ0n) is 9.12. The minimum Gasteiger partial charge on any atom is -0.464 e. The van der Waals surface area contributed by atoms with E-state index in [9.17, 15) is 4.79 Å². The van der Waals surface area contributed by atoms with Crippen molar-refractivity contribution in [1.82, 2.24) is 4.57 Å². The van der Waals surface area contributed by atoms with Gasteiger partial charge in [0.15, 0.2) is 0 Å². The highest BCUT2D eigenvalue weighted by Crippen LogP contribution is 2.18. The summed E-state index contributed by atoms with van der Waals surface area (Å²) >= 11 is 0. The van der Waals surface area contributed by atoms with E-state index in [0.717, 1.165) is 17.7 Å². The van der Waals surface area contributed by atoms with Gasteiger partial charge in [-0.3, -0.25) is 0 Å². The van der Waals surface area contributed by atoms with Gasteiger partial charge in [-0.15, -0.1) is 0 Å². The normalized spacial score (nSPS) is 10.1. The van der Waals surface area contributed by atoms with Gasteiger partial charge < -0.3 is 15.0 Å². The second kappa shape index (κ2) is 4.79. The van der Waals surface area contributed by atoms with Crippen LogP contribution in [0.25, 0.3) is 5.57 Å². The van der Waals surface area contributed by atoms with Crippen LogP contribution in [-0.4, -0.2) is 24.2 Å². The van der Waals surface area contributed by atoms with E-state index in [2.05, 4.69) is 11.3 Å². The van der Waals surface area contributed by atoms with Crippen LogP contribution in [0, 0.1) is 0 Å². The lowest BCUT2D eigenvalue weighted by Gasteiger charge is -2.08. The minimum atomic E-state index is -0.343. The summed E-state index contributed by atoms with van der Waals surface area (Å²) in [5.41, 5.74) is 7.81. The van der Waals surface area contributed by atoms with E-state index >= 15 is 0 Å². The number of carbonyl (C=O) groups is 1. The summed E-state index contributed by atoms with van der Waals surface area (Å²) in [5.74, 6) is -0.343. The molecular formula is C11H16N2O2. The molecule has 1 heterocycles. The molecule has 0 unspecified atom stereocenters. The molecule has 0 aliphatic rings. The molecule has 0 atom stereocenters. The fourth-order valence-corrected chi connectivity index (χ4v) is 1.48. The Hall–Kier alpha value is -1.55. The Morgan fingerprint density at radius 1 is 1.53 bits per heavy atom. The third kappa shape index (κ3) is 2.27. The zero-order valence-corrected chi connectivity index (χ0v) is 9.12. The number of carbonyl (C=O) groups excluding carboxylic acids is 1. The van der Waals surface area contributed by atoms with Crippen molar-refractivity contribution in [3.05, 3.63) is 30.1 Å². The number of esters is 1. The molecule has 0 amide bonds. The maximum atomic E-state index is 11.3. The summed E-state index contributed by atoms with van der Waals surface area (Å²) in [4.78, 5) is 11.3. The van der Waals surface area contributed by atoms with E-state index in [1.54, 1.807) is 10.6 Å². The molecule has 0 saturated heterocycles. The van der Waals surface area contributed by atoms with Gasteiger partial charge in [0.2, 0.25) is 0 Å². The van der Waals surface area contributed by atoms with Crippen LogP contribution in [0.4, 0.5) is 0 Å². The van der Waals surface area contributed by atoms with Gasteiger partial charge in [-0.25, -0.2) is 4.79 Å². The molecule has 0 aliphatic carbocycles. The van der Waals surface area contributed by atoms with Crippen molar-refractivity contribution < 1.29 is 9.53 Å². The zero-order chi connectivity index (χ0) is 11.4. The summed E-state index contributed by atoms with van der Waals surface area (Å²) in [5, 5.41) is 0. The van der Waals surface area contributed by atoms with Crippen LogP contribution >= 0.6 is 0 Å². The van der Waals surface area contributed by atoms with Gasteiger partial charge >= 0.3 is 5.97 Å². The van der Waals surface area contributed by atoms with Crippen LogP contribution in [0.15, 0.2) is 18.7 Å². The van der Waals surface area contributed by atoms with Gasteiger partial charge in [-0.1, -0.05) is 6.58 Å². The van der Waals surface area contributed by atoms with Crippen molar-refractivity contribution in [2.45, 2.75) is 6.42 Å². The first kappa shape index (κ1) is 11.5. The lowest BCUT2D eigenvalue weighted by molar-refractivity contribution is 0.0590. The molecule has 0 spiro atoms. The largest absolute Gasteiger partial charge is 0.464 e. The van der Waals surface area contributed by atoms with Gasteiger partial charge in [-0.05, 0) is 30.7 Å². The van der Waals surface area contributed by atoms with Crippen molar-refractivity contribution in [3.8, 4) is 0 Å². The molecule has 4 nitrogen and oxygen atoms in total. The van der Waals surface area contributed by atoms with Crippen molar-refractivity contribution in [3.63, 3.8) is 0 Å². The van der Waals surface area contributed by atoms with E-state index in [0.29, 0.717) is 12.2 Å². The smallest absolute Gasteiger partial charge is 0.354 e. The Morgan fingerprint density at radius 2 is 2.13 bits per heavy atom. The van der Waals surface area contributed by atoms with E-state index in [1.807, 2.05) is 13.1 Å². The van der Waals surface area contributed by atoms with Crippen LogP contribution in [0.1, 0.15) is 22.6 Å². The van der Waals surface area contributed by atoms with Crippen molar-refractivity contribution in [2.24, 2.45) is 12.8 Å². The van der Waals surface area contributed by atoms with Crippen LogP contribution in [-0.2, 0) is 11.8 Å². The average Bonchev–Trinajstić information content (AvgIpc) is 2.59. The number of hydrogen-bond acceptors (Lipinski definition) is 3. The highest BCUT2D eigenvalue weighted by molar-refractivity contribution is 5.88. The molecule has 0 saturated carbocycles. The lowest BCUT2D eigenvalue weighted by Crippen LogP contribution is -2.09. The van der Waals surface area contributed by atoms with Crippen LogP contribution in [0.3, 0.4) is 0 Å². The van der Waals surface area contributed by atoms with Gasteiger partial charge in [0.05, 0.1) is 7.11 Å². The molecule has 0 fully saturated rings. The van der Waals surface area contributed by atoms with E-state index in [1.165, 1.54) is 7.11 Å². The Balaban J connectivity index is 2.98. The number of nitrogens with zero attached hydrogens (tertiary/aromatic N) is 1. The number of methoxy groups -OCH3 is 1. The molecule has 4 heteroatoms. The van der Waals surface area contributed by atoms with E-state index in [4.69, 9.17) is 5.73 Å². The summed E-state index contributed by atoms with van der Waals surface area (Å²) in [6, 6.07) is 3.58. The highest BCUT2D eigenvalue weighted by Gasteiger charge is 2.13. The van der Waals surface area contributed by atoms with Crippen LogP contribution < -0.4 is 5.73 Å². The number of hydrogen-bond donors (Lipinski definition) is 1. The molecule has 0 aliphatic heterocycles. The first-order chi connectivity index (χ1) is 7.11. The third-order valence-corrected chi connectivity index (χ3v) is 2.32. The molecule has 0 bridgehead atoms. The number of rotatable bonds is 4. The maximum absolute atomic E-state index is 11.3. The van der Waals surface area contributed by atoms with Crippen molar-refractivity contribution in [2.75, 3.05) is 13.7 Å². The highest BCUT2D eigenvalue weighted by atomic mass is 16.5. The van der Waals surface area contributed by atoms with E-state index < -0.39 is 0 Å². The van der Waals surface area contributed by atoms with Crippen molar-refractivity contribution in [1.29, 1.82) is 0 Å². The number of aromatic nitrogens is 1. The summed E-state index contributed by atoms with van der Waals surface area (Å²) in [6.45, 7) is 4.47. The average molecular weight is 208 g/mol. The fraction of sp³-hybridized carbons (Fsp3) is 0.364. The molecule has 82 valence electrons. The quantitative estimate of drug-likeness (QED) is 0.756. The summed E-state index contributed by atoms with van der Waals surface area (Å²) in [7, 11) is 3.17. The van der Waals surface area contributed by atoms with Crippen molar-refractivity contribution >= 4 is 11.5 Å². The first-order valence-corrected chi connectivity index (χ1v) is 4.74. The van der Waals surface area contributed by atoms with Gasteiger partial charge in [0, 0.05) is 12.7 Å². The number of ether oxygens (including phenoxy) is 1. The molecule has 15 heavy (non-hydrogen) atoms. The Kier molecular flexibility index (Phi) is 3.68. The third-order valence-electron chi connectivity index (χ3n) is 2.32. The van der Waals surface area contributed by atoms with Gasteiger partial charge in [0.1, 0.15) is 5.69 Å². The maximum Gasteiger partial charge on any atom is 0.354 e. The van der Waals surface area contributed by atoms with Crippen LogP contribution in [0.2, 0.25) is 0 Å². The molecule has 1 rings (SSSR count). The van der Waals surface area contributed by atoms with E-state index in [-0.39, 0.29) is 5.97 Å². The topological polar surface area (TPSA) is 57.3 Å². The van der Waals surface area contributed by atoms with Gasteiger partial charge in [0.25, 0.3) is 0 Å². The molecular weight excluding hydrogens is 192 g/mol. The Bertz CT molecular complexity index is 380. The predicted molar refractivity (Wildman–Crippen MR) is 59.5 cm³/mol. The van der Waals surface area contributed by atoms with Gasteiger partial charge in [-0.2, -0.15) is 0 Å². The standard InChI is InChI=1S/C11H16N2O2/c1-8(6-7-12)9-4-5-10(13(9)2)11(14)15-3/h4-5H,1,6-7,12H2,2-3H3.